The highest BCUT2D eigenvalue weighted by Crippen LogP contribution is 2.20. The quantitative estimate of drug-likeness (QED) is 0.810. The molecule has 0 N–H and O–H groups in total. The van der Waals surface area contributed by atoms with Crippen LogP contribution in [0.1, 0.15) is 17.4 Å². The molecule has 0 fully saturated rings. The molecule has 2 heterocycles. The van der Waals surface area contributed by atoms with Gasteiger partial charge in [-0.05, 0) is 29.4 Å². The maximum Gasteiger partial charge on any atom is 0.257 e. The third-order valence-corrected chi connectivity index (χ3v) is 2.67. The fraction of sp³-hybridized carbons (Fsp3) is 0.143. The topological polar surface area (TPSA) is 43.7 Å². The molecule has 0 spiro atoms. The predicted molar refractivity (Wildman–Crippen MR) is 67.0 cm³/mol. The molecule has 2 aromatic rings. The van der Waals surface area contributed by atoms with Crippen LogP contribution in [0.25, 0.3) is 0 Å². The zero-order chi connectivity index (χ0) is 12.2. The number of benzene rings is 1. The smallest absolute Gasteiger partial charge is 0.257 e. The fourth-order valence-corrected chi connectivity index (χ4v) is 1.75. The minimum Gasteiger partial charge on any atom is -0.471 e. The molecule has 1 aromatic heterocycles. The maximum atomic E-state index is 5.62. The predicted octanol–water partition coefficient (Wildman–Crippen LogP) is 2.53. The molecule has 0 radical (unpaired) electrons. The van der Waals surface area contributed by atoms with Gasteiger partial charge in [-0.3, -0.25) is 4.98 Å². The van der Waals surface area contributed by atoms with Crippen LogP contribution in [-0.4, -0.2) is 17.5 Å². The van der Waals surface area contributed by atoms with Crippen molar-refractivity contribution < 1.29 is 9.57 Å². The molecule has 18 heavy (non-hydrogen) atoms. The third-order valence-electron chi connectivity index (χ3n) is 2.67. The summed E-state index contributed by atoms with van der Waals surface area (Å²) in [5, 5.41) is 4.01. The van der Waals surface area contributed by atoms with Gasteiger partial charge in [-0.1, -0.05) is 24.3 Å². The summed E-state index contributed by atoms with van der Waals surface area (Å²) in [6.07, 6.45) is 1.49. The Kier molecular flexibility index (Phi) is 2.92. The Morgan fingerprint density at radius 2 is 1.83 bits per heavy atom. The molecule has 1 atom stereocenters. The lowest BCUT2D eigenvalue weighted by Crippen LogP contribution is -2.21. The number of ether oxygens (including phenoxy) is 1. The second-order valence-electron chi connectivity index (χ2n) is 3.92. The first-order valence-corrected chi connectivity index (χ1v) is 5.76. The average Bonchev–Trinajstić information content (AvgIpc) is 2.49. The number of nitrogens with zero attached hydrogens (tertiary/aromatic N) is 2. The lowest BCUT2D eigenvalue weighted by Gasteiger charge is -2.21. The number of hydrogen-bond donors (Lipinski definition) is 0. The van der Waals surface area contributed by atoms with E-state index in [0.717, 1.165) is 11.3 Å². The molecule has 0 saturated carbocycles. The highest BCUT2D eigenvalue weighted by atomic mass is 16.7. The lowest BCUT2D eigenvalue weighted by atomic mass is 10.2. The molecule has 0 saturated heterocycles. The lowest BCUT2D eigenvalue weighted by molar-refractivity contribution is -0.0138. The van der Waals surface area contributed by atoms with Gasteiger partial charge in [0, 0.05) is 11.8 Å². The summed E-state index contributed by atoms with van der Waals surface area (Å²) in [5.74, 6) is 0.516. The standard InChI is InChI=1S/C14H12N2O2/c1-2-6-11(7-3-1)14-16-18-13(10-17-14)12-8-4-5-9-15-12/h1-9,13H,10H2. The van der Waals surface area contributed by atoms with E-state index in [4.69, 9.17) is 9.57 Å². The van der Waals surface area contributed by atoms with Crippen LogP contribution >= 0.6 is 0 Å². The average molecular weight is 240 g/mol. The van der Waals surface area contributed by atoms with Crippen LogP contribution in [0.4, 0.5) is 0 Å². The minimum atomic E-state index is -0.237. The second-order valence-corrected chi connectivity index (χ2v) is 3.92. The van der Waals surface area contributed by atoms with Crippen LogP contribution in [0.5, 0.6) is 0 Å². The summed E-state index contributed by atoms with van der Waals surface area (Å²) < 4.78 is 5.62. The SMILES string of the molecule is c1ccc(C2=NOC(c3ccccn3)CO2)cc1. The van der Waals surface area contributed by atoms with Gasteiger partial charge < -0.3 is 9.57 Å². The van der Waals surface area contributed by atoms with E-state index in [0.29, 0.717) is 12.5 Å². The van der Waals surface area contributed by atoms with Gasteiger partial charge in [0.25, 0.3) is 5.90 Å². The van der Waals surface area contributed by atoms with Crippen LogP contribution < -0.4 is 0 Å². The van der Waals surface area contributed by atoms with E-state index in [1.165, 1.54) is 0 Å². The van der Waals surface area contributed by atoms with Crippen molar-refractivity contribution in [3.05, 3.63) is 66.0 Å². The van der Waals surface area contributed by atoms with Crippen LogP contribution in [0, 0.1) is 0 Å². The van der Waals surface area contributed by atoms with E-state index in [-0.39, 0.29) is 6.10 Å². The van der Waals surface area contributed by atoms with Gasteiger partial charge in [-0.2, -0.15) is 0 Å². The van der Waals surface area contributed by atoms with E-state index in [1.54, 1.807) is 6.20 Å². The Hall–Kier alpha value is -2.36. The third kappa shape index (κ3) is 2.18. The molecular formula is C14H12N2O2. The molecule has 0 amide bonds. The van der Waals surface area contributed by atoms with Crippen molar-refractivity contribution >= 4 is 5.90 Å². The summed E-state index contributed by atoms with van der Waals surface area (Å²) in [4.78, 5) is 9.66. The highest BCUT2D eigenvalue weighted by molar-refractivity contribution is 5.93. The molecule has 1 aromatic carbocycles. The first-order valence-electron chi connectivity index (χ1n) is 5.76. The number of pyridine rings is 1. The number of hydrogen-bond acceptors (Lipinski definition) is 4. The summed E-state index contributed by atoms with van der Waals surface area (Å²) in [5.41, 5.74) is 1.74. The van der Waals surface area contributed by atoms with Gasteiger partial charge >= 0.3 is 0 Å². The Bertz CT molecular complexity index is 540. The van der Waals surface area contributed by atoms with Gasteiger partial charge in [0.2, 0.25) is 6.10 Å². The Morgan fingerprint density at radius 3 is 2.50 bits per heavy atom. The Balaban J connectivity index is 1.76. The maximum absolute atomic E-state index is 5.62. The van der Waals surface area contributed by atoms with Crippen molar-refractivity contribution in [1.82, 2.24) is 4.98 Å². The molecule has 4 heteroatoms. The van der Waals surface area contributed by atoms with Crippen molar-refractivity contribution in [2.45, 2.75) is 6.10 Å². The van der Waals surface area contributed by atoms with Crippen LogP contribution in [-0.2, 0) is 9.57 Å². The van der Waals surface area contributed by atoms with E-state index >= 15 is 0 Å². The molecule has 0 bridgehead atoms. The highest BCUT2D eigenvalue weighted by Gasteiger charge is 2.22. The van der Waals surface area contributed by atoms with Crippen LogP contribution in [0.15, 0.2) is 59.9 Å². The molecule has 90 valence electrons. The van der Waals surface area contributed by atoms with Gasteiger partial charge in [0.1, 0.15) is 6.61 Å². The summed E-state index contributed by atoms with van der Waals surface area (Å²) in [6.45, 7) is 0.421. The zero-order valence-corrected chi connectivity index (χ0v) is 9.69. The molecule has 1 unspecified atom stereocenters. The monoisotopic (exact) mass is 240 g/mol. The number of oxime groups is 1. The molecule has 4 nitrogen and oxygen atoms in total. The van der Waals surface area contributed by atoms with E-state index < -0.39 is 0 Å². The summed E-state index contributed by atoms with van der Waals surface area (Å²) in [7, 11) is 0. The minimum absolute atomic E-state index is 0.237. The van der Waals surface area contributed by atoms with E-state index in [2.05, 4.69) is 10.1 Å². The molecular weight excluding hydrogens is 228 g/mol. The normalized spacial score (nSPS) is 18.4. The van der Waals surface area contributed by atoms with Crippen molar-refractivity contribution in [3.63, 3.8) is 0 Å². The number of rotatable bonds is 2. The van der Waals surface area contributed by atoms with E-state index in [1.807, 2.05) is 48.5 Å². The summed E-state index contributed by atoms with van der Waals surface area (Å²) >= 11 is 0. The first kappa shape index (κ1) is 10.8. The van der Waals surface area contributed by atoms with Gasteiger partial charge in [0.15, 0.2) is 0 Å². The summed E-state index contributed by atoms with van der Waals surface area (Å²) in [6, 6.07) is 15.4. The fourth-order valence-electron chi connectivity index (χ4n) is 1.75. The van der Waals surface area contributed by atoms with Crippen molar-refractivity contribution in [3.8, 4) is 0 Å². The molecule has 1 aliphatic rings. The first-order chi connectivity index (χ1) is 8.93. The van der Waals surface area contributed by atoms with Crippen LogP contribution in [0.2, 0.25) is 0 Å². The second kappa shape index (κ2) is 4.87. The van der Waals surface area contributed by atoms with Gasteiger partial charge in [-0.15, -0.1) is 0 Å². The largest absolute Gasteiger partial charge is 0.471 e. The van der Waals surface area contributed by atoms with Crippen molar-refractivity contribution in [2.75, 3.05) is 6.61 Å². The van der Waals surface area contributed by atoms with Crippen molar-refractivity contribution in [2.24, 2.45) is 5.16 Å². The van der Waals surface area contributed by atoms with Crippen LogP contribution in [0.3, 0.4) is 0 Å². The van der Waals surface area contributed by atoms with Crippen molar-refractivity contribution in [1.29, 1.82) is 0 Å². The molecule has 1 aliphatic heterocycles. The Labute approximate surface area is 105 Å². The van der Waals surface area contributed by atoms with Gasteiger partial charge in [-0.25, -0.2) is 0 Å². The van der Waals surface area contributed by atoms with E-state index in [9.17, 15) is 0 Å². The Morgan fingerprint density at radius 1 is 1.00 bits per heavy atom. The number of aromatic nitrogens is 1. The molecule has 0 aliphatic carbocycles. The zero-order valence-electron chi connectivity index (χ0n) is 9.69. The van der Waals surface area contributed by atoms with Gasteiger partial charge in [0.05, 0.1) is 5.69 Å². The molecule has 3 rings (SSSR count).